The summed E-state index contributed by atoms with van der Waals surface area (Å²) in [7, 11) is 0. The quantitative estimate of drug-likeness (QED) is 0.907. The third kappa shape index (κ3) is 4.53. The molecule has 1 aliphatic heterocycles. The molecule has 2 heterocycles. The third-order valence-electron chi connectivity index (χ3n) is 4.48. The van der Waals surface area contributed by atoms with E-state index in [1.807, 2.05) is 11.0 Å². The van der Waals surface area contributed by atoms with E-state index in [0.29, 0.717) is 36.0 Å². The standard InChI is InChI=1S/C19H23FN4O/c1-14-5-4-10-24(13-14)18(25)16-11-22-19(23-12-16)21-9-8-15-6-2-3-7-17(15)20/h2-3,6-7,11-12,14H,4-5,8-10,13H2,1H3,(H,21,22,23). The summed E-state index contributed by atoms with van der Waals surface area (Å²) in [6, 6.07) is 6.71. The van der Waals surface area contributed by atoms with Gasteiger partial charge in [0, 0.05) is 32.0 Å². The SMILES string of the molecule is CC1CCCN(C(=O)c2cnc(NCCc3ccccc3F)nc2)C1. The highest BCUT2D eigenvalue weighted by Crippen LogP contribution is 2.17. The Morgan fingerprint density at radius 3 is 2.80 bits per heavy atom. The summed E-state index contributed by atoms with van der Waals surface area (Å²) in [4.78, 5) is 22.8. The zero-order valence-corrected chi connectivity index (χ0v) is 14.4. The van der Waals surface area contributed by atoms with Crippen LogP contribution in [0.2, 0.25) is 0 Å². The van der Waals surface area contributed by atoms with Gasteiger partial charge in [-0.3, -0.25) is 4.79 Å². The van der Waals surface area contributed by atoms with Crippen molar-refractivity contribution in [1.29, 1.82) is 0 Å². The topological polar surface area (TPSA) is 58.1 Å². The van der Waals surface area contributed by atoms with Crippen LogP contribution in [0, 0.1) is 11.7 Å². The molecule has 1 aromatic carbocycles. The summed E-state index contributed by atoms with van der Waals surface area (Å²) >= 11 is 0. The zero-order valence-electron chi connectivity index (χ0n) is 14.4. The molecule has 1 amide bonds. The Morgan fingerprint density at radius 2 is 2.08 bits per heavy atom. The highest BCUT2D eigenvalue weighted by molar-refractivity contribution is 5.93. The maximum Gasteiger partial charge on any atom is 0.257 e. The summed E-state index contributed by atoms with van der Waals surface area (Å²) in [5.41, 5.74) is 1.16. The van der Waals surface area contributed by atoms with Crippen LogP contribution in [0.25, 0.3) is 0 Å². The number of hydrogen-bond donors (Lipinski definition) is 1. The fraction of sp³-hybridized carbons (Fsp3) is 0.421. The van der Waals surface area contributed by atoms with Gasteiger partial charge in [0.2, 0.25) is 5.95 Å². The fourth-order valence-electron chi connectivity index (χ4n) is 3.10. The van der Waals surface area contributed by atoms with Gasteiger partial charge in [-0.1, -0.05) is 25.1 Å². The largest absolute Gasteiger partial charge is 0.354 e. The first kappa shape index (κ1) is 17.3. The fourth-order valence-corrected chi connectivity index (χ4v) is 3.10. The highest BCUT2D eigenvalue weighted by atomic mass is 19.1. The Hall–Kier alpha value is -2.50. The van der Waals surface area contributed by atoms with Crippen LogP contribution in [0.15, 0.2) is 36.7 Å². The predicted octanol–water partition coefficient (Wildman–Crippen LogP) is 3.14. The van der Waals surface area contributed by atoms with Crippen molar-refractivity contribution in [2.75, 3.05) is 25.0 Å². The number of rotatable bonds is 5. The van der Waals surface area contributed by atoms with Crippen molar-refractivity contribution in [3.8, 4) is 0 Å². The molecule has 3 rings (SSSR count). The maximum absolute atomic E-state index is 13.6. The Bertz CT molecular complexity index is 720. The molecule has 2 aromatic rings. The summed E-state index contributed by atoms with van der Waals surface area (Å²) < 4.78 is 13.6. The Balaban J connectivity index is 1.53. The van der Waals surface area contributed by atoms with Crippen LogP contribution in [-0.4, -0.2) is 40.4 Å². The molecular formula is C19H23FN4O. The minimum absolute atomic E-state index is 0.00976. The van der Waals surface area contributed by atoms with Gasteiger partial charge in [0.05, 0.1) is 5.56 Å². The number of piperidine rings is 1. The van der Waals surface area contributed by atoms with Gasteiger partial charge in [0.25, 0.3) is 5.91 Å². The second-order valence-corrected chi connectivity index (χ2v) is 6.56. The van der Waals surface area contributed by atoms with Crippen molar-refractivity contribution in [2.45, 2.75) is 26.2 Å². The molecule has 1 aliphatic rings. The number of nitrogens with one attached hydrogen (secondary N) is 1. The summed E-state index contributed by atoms with van der Waals surface area (Å²) in [5, 5.41) is 3.06. The molecule has 0 bridgehead atoms. The Labute approximate surface area is 147 Å². The Morgan fingerprint density at radius 1 is 1.32 bits per heavy atom. The second kappa shape index (κ2) is 8.05. The first-order valence-corrected chi connectivity index (χ1v) is 8.72. The number of carbonyl (C=O) groups is 1. The van der Waals surface area contributed by atoms with Crippen molar-refractivity contribution in [3.63, 3.8) is 0 Å². The number of amides is 1. The lowest BCUT2D eigenvalue weighted by Crippen LogP contribution is -2.39. The van der Waals surface area contributed by atoms with Crippen molar-refractivity contribution in [3.05, 3.63) is 53.6 Å². The predicted molar refractivity (Wildman–Crippen MR) is 94.9 cm³/mol. The van der Waals surface area contributed by atoms with E-state index in [1.54, 1.807) is 24.5 Å². The number of halogens is 1. The highest BCUT2D eigenvalue weighted by Gasteiger charge is 2.22. The van der Waals surface area contributed by atoms with E-state index in [-0.39, 0.29) is 11.7 Å². The van der Waals surface area contributed by atoms with Crippen LogP contribution in [0.3, 0.4) is 0 Å². The number of likely N-dealkylation sites (tertiary alicyclic amines) is 1. The number of anilines is 1. The number of aromatic nitrogens is 2. The van der Waals surface area contributed by atoms with Crippen LogP contribution < -0.4 is 5.32 Å². The van der Waals surface area contributed by atoms with Crippen LogP contribution in [-0.2, 0) is 6.42 Å². The van der Waals surface area contributed by atoms with Crippen LogP contribution in [0.4, 0.5) is 10.3 Å². The Kier molecular flexibility index (Phi) is 5.58. The van der Waals surface area contributed by atoms with Gasteiger partial charge in [-0.15, -0.1) is 0 Å². The summed E-state index contributed by atoms with van der Waals surface area (Å²) in [6.45, 7) is 4.28. The smallest absolute Gasteiger partial charge is 0.257 e. The maximum atomic E-state index is 13.6. The molecule has 1 atom stereocenters. The normalized spacial score (nSPS) is 17.4. The lowest BCUT2D eigenvalue weighted by atomic mass is 10.00. The number of hydrogen-bond acceptors (Lipinski definition) is 4. The molecule has 1 aromatic heterocycles. The van der Waals surface area contributed by atoms with E-state index in [2.05, 4.69) is 22.2 Å². The second-order valence-electron chi connectivity index (χ2n) is 6.56. The van der Waals surface area contributed by atoms with Gasteiger partial charge in [-0.05, 0) is 36.8 Å². The third-order valence-corrected chi connectivity index (χ3v) is 4.48. The molecule has 5 nitrogen and oxygen atoms in total. The van der Waals surface area contributed by atoms with E-state index in [1.165, 1.54) is 12.5 Å². The average Bonchev–Trinajstić information content (AvgIpc) is 2.63. The van der Waals surface area contributed by atoms with Crippen LogP contribution >= 0.6 is 0 Å². The van der Waals surface area contributed by atoms with Gasteiger partial charge in [-0.25, -0.2) is 14.4 Å². The summed E-state index contributed by atoms with van der Waals surface area (Å²) in [5.74, 6) is 0.768. The molecule has 0 aliphatic carbocycles. The molecule has 6 heteroatoms. The molecule has 0 spiro atoms. The number of benzene rings is 1. The lowest BCUT2D eigenvalue weighted by molar-refractivity contribution is 0.0682. The van der Waals surface area contributed by atoms with Crippen molar-refractivity contribution in [2.24, 2.45) is 5.92 Å². The minimum atomic E-state index is -0.207. The van der Waals surface area contributed by atoms with Crippen LogP contribution in [0.5, 0.6) is 0 Å². The first-order valence-electron chi connectivity index (χ1n) is 8.72. The zero-order chi connectivity index (χ0) is 17.6. The van der Waals surface area contributed by atoms with Gasteiger partial charge < -0.3 is 10.2 Å². The molecule has 1 saturated heterocycles. The molecular weight excluding hydrogens is 319 g/mol. The van der Waals surface area contributed by atoms with E-state index >= 15 is 0 Å². The molecule has 1 N–H and O–H groups in total. The molecule has 0 radical (unpaired) electrons. The van der Waals surface area contributed by atoms with Crippen LogP contribution in [0.1, 0.15) is 35.7 Å². The summed E-state index contributed by atoms with van der Waals surface area (Å²) in [6.07, 6.45) is 5.87. The molecule has 0 saturated carbocycles. The average molecular weight is 342 g/mol. The van der Waals surface area contributed by atoms with Gasteiger partial charge in [0.15, 0.2) is 0 Å². The number of nitrogens with zero attached hydrogens (tertiary/aromatic N) is 3. The molecule has 25 heavy (non-hydrogen) atoms. The first-order chi connectivity index (χ1) is 12.1. The van der Waals surface area contributed by atoms with Gasteiger partial charge >= 0.3 is 0 Å². The molecule has 1 unspecified atom stereocenters. The van der Waals surface area contributed by atoms with Crippen molar-refractivity contribution in [1.82, 2.24) is 14.9 Å². The van der Waals surface area contributed by atoms with Crippen molar-refractivity contribution < 1.29 is 9.18 Å². The van der Waals surface area contributed by atoms with E-state index < -0.39 is 0 Å². The van der Waals surface area contributed by atoms with E-state index in [0.717, 1.165) is 19.5 Å². The lowest BCUT2D eigenvalue weighted by Gasteiger charge is -2.30. The molecule has 132 valence electrons. The van der Waals surface area contributed by atoms with Gasteiger partial charge in [0.1, 0.15) is 5.82 Å². The van der Waals surface area contributed by atoms with Crippen molar-refractivity contribution >= 4 is 11.9 Å². The minimum Gasteiger partial charge on any atom is -0.354 e. The van der Waals surface area contributed by atoms with E-state index in [4.69, 9.17) is 0 Å². The number of carbonyl (C=O) groups excluding carboxylic acids is 1. The molecule has 1 fully saturated rings. The van der Waals surface area contributed by atoms with Gasteiger partial charge in [-0.2, -0.15) is 0 Å². The van der Waals surface area contributed by atoms with E-state index in [9.17, 15) is 9.18 Å². The monoisotopic (exact) mass is 342 g/mol.